The monoisotopic (exact) mass is 392 g/mol. The topological polar surface area (TPSA) is 52.6 Å². The molecular formula is C14H12F8N2O2. The first kappa shape index (κ1) is 20.4. The van der Waals surface area contributed by atoms with Gasteiger partial charge in [0.2, 0.25) is 11.7 Å². The highest BCUT2D eigenvalue weighted by Crippen LogP contribution is 2.38. The SMILES string of the molecule is C[C@H](C(=O)Nc1c(F)c(F)c(F)c(F)c1F)N1CC[C@](O)(C(F)(F)F)C1. The maximum Gasteiger partial charge on any atom is 0.418 e. The number of carbonyl (C=O) groups is 1. The van der Waals surface area contributed by atoms with Crippen molar-refractivity contribution in [3.8, 4) is 0 Å². The highest BCUT2D eigenvalue weighted by Gasteiger charge is 2.57. The second-order valence-electron chi connectivity index (χ2n) is 5.86. The normalized spacial score (nSPS) is 22.5. The molecule has 0 unspecified atom stereocenters. The van der Waals surface area contributed by atoms with Crippen molar-refractivity contribution in [2.24, 2.45) is 0 Å². The molecule has 2 rings (SSSR count). The summed E-state index contributed by atoms with van der Waals surface area (Å²) in [6, 6.07) is -1.44. The third-order valence-electron chi connectivity index (χ3n) is 4.19. The molecule has 0 radical (unpaired) electrons. The first-order chi connectivity index (χ1) is 11.8. The van der Waals surface area contributed by atoms with Crippen LogP contribution in [0.15, 0.2) is 0 Å². The van der Waals surface area contributed by atoms with Crippen LogP contribution in [0.5, 0.6) is 0 Å². The summed E-state index contributed by atoms with van der Waals surface area (Å²) in [5.41, 5.74) is -4.67. The second-order valence-corrected chi connectivity index (χ2v) is 5.86. The van der Waals surface area contributed by atoms with E-state index >= 15 is 0 Å². The van der Waals surface area contributed by atoms with Crippen molar-refractivity contribution >= 4 is 11.6 Å². The molecule has 1 aromatic rings. The summed E-state index contributed by atoms with van der Waals surface area (Å²) in [6.07, 6.45) is -5.70. The first-order valence-corrected chi connectivity index (χ1v) is 7.15. The summed E-state index contributed by atoms with van der Waals surface area (Å²) < 4.78 is 105. The summed E-state index contributed by atoms with van der Waals surface area (Å²) in [5, 5.41) is 11.0. The van der Waals surface area contributed by atoms with Crippen LogP contribution in [-0.2, 0) is 4.79 Å². The number of alkyl halides is 3. The first-order valence-electron chi connectivity index (χ1n) is 7.15. The zero-order chi connectivity index (χ0) is 20.0. The van der Waals surface area contributed by atoms with E-state index in [2.05, 4.69) is 0 Å². The lowest BCUT2D eigenvalue weighted by atomic mass is 10.0. The smallest absolute Gasteiger partial charge is 0.379 e. The molecule has 26 heavy (non-hydrogen) atoms. The Bertz CT molecular complexity index is 710. The van der Waals surface area contributed by atoms with Gasteiger partial charge in [-0.3, -0.25) is 9.69 Å². The van der Waals surface area contributed by atoms with Crippen molar-refractivity contribution < 1.29 is 45.0 Å². The van der Waals surface area contributed by atoms with Crippen LogP contribution in [-0.4, -0.2) is 46.8 Å². The highest BCUT2D eigenvalue weighted by molar-refractivity contribution is 5.94. The Labute approximate surface area is 141 Å². The minimum absolute atomic E-state index is 0.373. The molecule has 2 atom stereocenters. The predicted octanol–water partition coefficient (Wildman–Crippen LogP) is 2.71. The second kappa shape index (κ2) is 6.65. The lowest BCUT2D eigenvalue weighted by Crippen LogP contribution is -2.49. The quantitative estimate of drug-likeness (QED) is 0.473. The Hall–Kier alpha value is -1.95. The van der Waals surface area contributed by atoms with Gasteiger partial charge in [-0.1, -0.05) is 0 Å². The fourth-order valence-corrected chi connectivity index (χ4v) is 2.49. The number of carbonyl (C=O) groups excluding carboxylic acids is 1. The van der Waals surface area contributed by atoms with Crippen LogP contribution < -0.4 is 5.32 Å². The molecule has 0 spiro atoms. The van der Waals surface area contributed by atoms with Crippen molar-refractivity contribution in [1.29, 1.82) is 0 Å². The molecular weight excluding hydrogens is 380 g/mol. The van der Waals surface area contributed by atoms with Gasteiger partial charge >= 0.3 is 6.18 Å². The van der Waals surface area contributed by atoms with Gasteiger partial charge in [0, 0.05) is 13.1 Å². The molecule has 1 aliphatic rings. The van der Waals surface area contributed by atoms with Crippen LogP contribution >= 0.6 is 0 Å². The van der Waals surface area contributed by atoms with Crippen molar-refractivity contribution in [2.75, 3.05) is 18.4 Å². The zero-order valence-electron chi connectivity index (χ0n) is 13.0. The molecule has 2 N–H and O–H groups in total. The fraction of sp³-hybridized carbons (Fsp3) is 0.500. The van der Waals surface area contributed by atoms with E-state index in [1.807, 2.05) is 0 Å². The Balaban J connectivity index is 2.19. The molecule has 0 aromatic heterocycles. The van der Waals surface area contributed by atoms with Gasteiger partial charge in [0.15, 0.2) is 28.9 Å². The van der Waals surface area contributed by atoms with Gasteiger partial charge in [-0.05, 0) is 13.3 Å². The molecule has 1 aliphatic heterocycles. The predicted molar refractivity (Wildman–Crippen MR) is 71.5 cm³/mol. The van der Waals surface area contributed by atoms with Gasteiger partial charge in [0.25, 0.3) is 0 Å². The number of benzene rings is 1. The average molecular weight is 392 g/mol. The molecule has 12 heteroatoms. The molecule has 1 fully saturated rings. The lowest BCUT2D eigenvalue weighted by molar-refractivity contribution is -0.254. The van der Waals surface area contributed by atoms with E-state index in [1.165, 1.54) is 5.32 Å². The van der Waals surface area contributed by atoms with Gasteiger partial charge in [0.05, 0.1) is 6.04 Å². The van der Waals surface area contributed by atoms with Crippen LogP contribution in [0, 0.1) is 29.1 Å². The van der Waals surface area contributed by atoms with Gasteiger partial charge in [-0.15, -0.1) is 0 Å². The summed E-state index contributed by atoms with van der Waals surface area (Å²) in [5.74, 6) is -12.8. The van der Waals surface area contributed by atoms with E-state index in [9.17, 15) is 45.0 Å². The molecule has 0 saturated carbocycles. The number of aliphatic hydroxyl groups is 1. The maximum atomic E-state index is 13.5. The number of anilines is 1. The average Bonchev–Trinajstić information content (AvgIpc) is 2.97. The Morgan fingerprint density at radius 2 is 1.54 bits per heavy atom. The zero-order valence-corrected chi connectivity index (χ0v) is 13.0. The Kier molecular flexibility index (Phi) is 5.21. The lowest BCUT2D eigenvalue weighted by Gasteiger charge is -2.28. The summed E-state index contributed by atoms with van der Waals surface area (Å²) in [6.45, 7) is -0.298. The molecule has 1 aromatic carbocycles. The highest BCUT2D eigenvalue weighted by atomic mass is 19.4. The Morgan fingerprint density at radius 3 is 1.96 bits per heavy atom. The van der Waals surface area contributed by atoms with Crippen LogP contribution in [0.3, 0.4) is 0 Å². The number of β-amino-alcohol motifs (C(OH)–C–C–N with tert-alkyl or cyclic N) is 1. The van der Waals surface area contributed by atoms with Gasteiger partial charge in [-0.25, -0.2) is 22.0 Å². The number of hydrogen-bond acceptors (Lipinski definition) is 3. The Morgan fingerprint density at radius 1 is 1.08 bits per heavy atom. The van der Waals surface area contributed by atoms with Crippen LogP contribution in [0.1, 0.15) is 13.3 Å². The third kappa shape index (κ3) is 3.34. The molecule has 146 valence electrons. The molecule has 4 nitrogen and oxygen atoms in total. The third-order valence-corrected chi connectivity index (χ3v) is 4.19. The number of halogens is 8. The standard InChI is InChI=1S/C14H12F8N2O2/c1-5(24-3-2-13(26,4-24)14(20,21)22)12(25)23-11-9(18)7(16)6(15)8(17)10(11)19/h5,26H,2-4H2,1H3,(H,23,25)/t5-,13-/m1/s1. The number of nitrogens with one attached hydrogen (secondary N) is 1. The van der Waals surface area contributed by atoms with E-state index in [0.717, 1.165) is 11.8 Å². The minimum atomic E-state index is -4.96. The summed E-state index contributed by atoms with van der Waals surface area (Å²) in [4.78, 5) is 12.9. The van der Waals surface area contributed by atoms with Gasteiger partial charge in [-0.2, -0.15) is 13.2 Å². The number of rotatable bonds is 3. The molecule has 1 saturated heterocycles. The van der Waals surface area contributed by atoms with Gasteiger partial charge < -0.3 is 10.4 Å². The van der Waals surface area contributed by atoms with Crippen molar-refractivity contribution in [1.82, 2.24) is 4.90 Å². The van der Waals surface area contributed by atoms with Crippen LogP contribution in [0.25, 0.3) is 0 Å². The van der Waals surface area contributed by atoms with Crippen molar-refractivity contribution in [3.63, 3.8) is 0 Å². The number of nitrogens with zero attached hydrogens (tertiary/aromatic N) is 1. The van der Waals surface area contributed by atoms with E-state index in [1.54, 1.807) is 0 Å². The van der Waals surface area contributed by atoms with Crippen LogP contribution in [0.4, 0.5) is 40.8 Å². The van der Waals surface area contributed by atoms with Crippen LogP contribution in [0.2, 0.25) is 0 Å². The largest absolute Gasteiger partial charge is 0.418 e. The van der Waals surface area contributed by atoms with E-state index in [0.29, 0.717) is 0 Å². The fourth-order valence-electron chi connectivity index (χ4n) is 2.49. The van der Waals surface area contributed by atoms with Gasteiger partial charge in [0.1, 0.15) is 5.69 Å². The minimum Gasteiger partial charge on any atom is -0.379 e. The van der Waals surface area contributed by atoms with E-state index in [4.69, 9.17) is 0 Å². The number of amides is 1. The summed E-state index contributed by atoms with van der Waals surface area (Å²) in [7, 11) is 0. The van der Waals surface area contributed by atoms with Crippen molar-refractivity contribution in [3.05, 3.63) is 29.1 Å². The summed E-state index contributed by atoms with van der Waals surface area (Å²) >= 11 is 0. The molecule has 0 bridgehead atoms. The molecule has 1 heterocycles. The van der Waals surface area contributed by atoms with E-state index < -0.39 is 71.5 Å². The molecule has 0 aliphatic carbocycles. The number of hydrogen-bond donors (Lipinski definition) is 2. The van der Waals surface area contributed by atoms with Crippen molar-refractivity contribution in [2.45, 2.75) is 31.2 Å². The number of likely N-dealkylation sites (tertiary alicyclic amines) is 1. The maximum absolute atomic E-state index is 13.5. The molecule has 1 amide bonds. The van der Waals surface area contributed by atoms with E-state index in [-0.39, 0.29) is 6.54 Å².